The van der Waals surface area contributed by atoms with Crippen molar-refractivity contribution in [2.75, 3.05) is 6.61 Å². The summed E-state index contributed by atoms with van der Waals surface area (Å²) in [7, 11) is -4.06. The monoisotopic (exact) mass is 251 g/mol. The third kappa shape index (κ3) is 3.22. The molecule has 1 aliphatic rings. The smallest absolute Gasteiger partial charge is 0.281 e. The molecule has 0 saturated heterocycles. The van der Waals surface area contributed by atoms with E-state index in [0.29, 0.717) is 23.6 Å². The Kier molecular flexibility index (Phi) is 4.18. The van der Waals surface area contributed by atoms with Crippen LogP contribution >= 0.6 is 11.8 Å². The van der Waals surface area contributed by atoms with Gasteiger partial charge in [-0.1, -0.05) is 23.8 Å². The molecule has 0 aromatic carbocycles. The molecule has 0 fully saturated rings. The highest BCUT2D eigenvalue weighted by Gasteiger charge is 2.33. The summed E-state index contributed by atoms with van der Waals surface area (Å²) in [4.78, 5) is 4.82. The molecule has 0 aromatic rings. The zero-order valence-electron chi connectivity index (χ0n) is 8.50. The Balaban J connectivity index is 2.87. The Bertz CT molecular complexity index is 385. The summed E-state index contributed by atoms with van der Waals surface area (Å²) in [6.07, 6.45) is 2.20. The first kappa shape index (κ1) is 12.5. The summed E-state index contributed by atoms with van der Waals surface area (Å²) in [6, 6.07) is 0. The summed E-state index contributed by atoms with van der Waals surface area (Å²) in [5.41, 5.74) is 0.640. The summed E-state index contributed by atoms with van der Waals surface area (Å²) in [5, 5.41) is 4.21. The molecule has 0 saturated carbocycles. The Morgan fingerprint density at radius 2 is 2.27 bits per heavy atom. The first-order valence-corrected chi connectivity index (χ1v) is 6.90. The van der Waals surface area contributed by atoms with Crippen molar-refractivity contribution in [1.29, 1.82) is 0 Å². The molecular formula is C8H13NO4S2. The molecule has 0 spiro atoms. The van der Waals surface area contributed by atoms with Gasteiger partial charge in [0.05, 0.1) is 0 Å². The lowest BCUT2D eigenvalue weighted by atomic mass is 10.2. The minimum Gasteiger partial charge on any atom is -0.395 e. The van der Waals surface area contributed by atoms with Crippen LogP contribution in [0.5, 0.6) is 0 Å². The van der Waals surface area contributed by atoms with Crippen LogP contribution in [0.4, 0.5) is 0 Å². The van der Waals surface area contributed by atoms with Crippen LogP contribution in [0.15, 0.2) is 16.8 Å². The van der Waals surface area contributed by atoms with Gasteiger partial charge >= 0.3 is 0 Å². The minimum atomic E-state index is -4.06. The quantitative estimate of drug-likeness (QED) is 0.607. The van der Waals surface area contributed by atoms with Gasteiger partial charge in [-0.05, 0) is 25.0 Å². The molecule has 0 radical (unpaired) electrons. The van der Waals surface area contributed by atoms with Gasteiger partial charge in [0.15, 0.2) is 4.58 Å². The molecule has 1 N–H and O–H groups in total. The van der Waals surface area contributed by atoms with Gasteiger partial charge in [-0.25, -0.2) is 0 Å². The van der Waals surface area contributed by atoms with Gasteiger partial charge in [0.1, 0.15) is 11.7 Å². The average molecular weight is 251 g/mol. The molecule has 0 bridgehead atoms. The minimum absolute atomic E-state index is 0.426. The van der Waals surface area contributed by atoms with Gasteiger partial charge in [0.2, 0.25) is 0 Å². The number of thioether (sulfide) groups is 1. The summed E-state index contributed by atoms with van der Waals surface area (Å²) >= 11 is 0.985. The fourth-order valence-electron chi connectivity index (χ4n) is 1.14. The number of rotatable bonds is 4. The molecule has 1 unspecified atom stereocenters. The van der Waals surface area contributed by atoms with E-state index in [4.69, 9.17) is 9.39 Å². The van der Waals surface area contributed by atoms with Crippen molar-refractivity contribution in [2.45, 2.75) is 24.9 Å². The van der Waals surface area contributed by atoms with E-state index >= 15 is 0 Å². The van der Waals surface area contributed by atoms with E-state index in [0.717, 1.165) is 11.8 Å². The highest BCUT2D eigenvalue weighted by Crippen LogP contribution is 2.34. The Labute approximate surface area is 93.3 Å². The lowest BCUT2D eigenvalue weighted by Crippen LogP contribution is -2.16. The highest BCUT2D eigenvalue weighted by atomic mass is 32.3. The normalized spacial score (nSPS) is 24.3. The van der Waals surface area contributed by atoms with E-state index in [1.54, 1.807) is 13.0 Å². The van der Waals surface area contributed by atoms with Crippen molar-refractivity contribution in [2.24, 2.45) is 5.16 Å². The van der Waals surface area contributed by atoms with E-state index in [-0.39, 0.29) is 0 Å². The lowest BCUT2D eigenvalue weighted by molar-refractivity contribution is 0.160. The second kappa shape index (κ2) is 5.00. The zero-order valence-corrected chi connectivity index (χ0v) is 10.1. The molecule has 0 aromatic heterocycles. The van der Waals surface area contributed by atoms with E-state index in [2.05, 4.69) is 5.16 Å². The third-order valence-electron chi connectivity index (χ3n) is 1.80. The fourth-order valence-corrected chi connectivity index (χ4v) is 3.46. The SMILES string of the molecule is CCON=C1C=C(CC)C(S(=O)(=O)O)S1. The van der Waals surface area contributed by atoms with Gasteiger partial charge in [0.25, 0.3) is 10.1 Å². The molecule has 15 heavy (non-hydrogen) atoms. The van der Waals surface area contributed by atoms with Gasteiger partial charge in [-0.15, -0.1) is 0 Å². The topological polar surface area (TPSA) is 76.0 Å². The summed E-state index contributed by atoms with van der Waals surface area (Å²) < 4.78 is 30.1. The molecule has 5 nitrogen and oxygen atoms in total. The standard InChI is InChI=1S/C8H13NO4S2/c1-3-6-5-7(9-13-4-2)14-8(6)15(10,11)12/h5,8H,3-4H2,1-2H3,(H,10,11,12). The van der Waals surface area contributed by atoms with Crippen LogP contribution in [0.2, 0.25) is 0 Å². The zero-order chi connectivity index (χ0) is 11.5. The molecular weight excluding hydrogens is 238 g/mol. The van der Waals surface area contributed by atoms with Crippen molar-refractivity contribution in [1.82, 2.24) is 0 Å². The molecule has 7 heteroatoms. The molecule has 86 valence electrons. The maximum absolute atomic E-state index is 11.0. The van der Waals surface area contributed by atoms with Crippen molar-refractivity contribution >= 4 is 26.9 Å². The van der Waals surface area contributed by atoms with E-state index < -0.39 is 14.7 Å². The second-order valence-corrected chi connectivity index (χ2v) is 5.81. The molecule has 1 aliphatic heterocycles. The predicted octanol–water partition coefficient (Wildman–Crippen LogP) is 1.63. The number of hydrogen-bond acceptors (Lipinski definition) is 5. The van der Waals surface area contributed by atoms with E-state index in [9.17, 15) is 8.42 Å². The average Bonchev–Trinajstić information content (AvgIpc) is 2.57. The Morgan fingerprint density at radius 1 is 1.60 bits per heavy atom. The molecule has 1 heterocycles. The maximum Gasteiger partial charge on any atom is 0.281 e. The first-order valence-electron chi connectivity index (χ1n) is 4.52. The Hall–Kier alpha value is -0.530. The number of nitrogens with zero attached hydrogens (tertiary/aromatic N) is 1. The second-order valence-electron chi connectivity index (χ2n) is 2.88. The van der Waals surface area contributed by atoms with Gasteiger partial charge < -0.3 is 4.84 Å². The maximum atomic E-state index is 11.0. The van der Waals surface area contributed by atoms with Crippen molar-refractivity contribution in [3.05, 3.63) is 11.6 Å². The highest BCUT2D eigenvalue weighted by molar-refractivity contribution is 8.22. The van der Waals surface area contributed by atoms with Crippen molar-refractivity contribution < 1.29 is 17.8 Å². The van der Waals surface area contributed by atoms with Crippen molar-refractivity contribution in [3.8, 4) is 0 Å². The van der Waals surface area contributed by atoms with Gasteiger partial charge in [0, 0.05) is 0 Å². The van der Waals surface area contributed by atoms with Crippen LogP contribution in [0.3, 0.4) is 0 Å². The van der Waals surface area contributed by atoms with Gasteiger partial charge in [-0.2, -0.15) is 8.42 Å². The molecule has 0 amide bonds. The third-order valence-corrected chi connectivity index (χ3v) is 4.61. The molecule has 1 atom stereocenters. The van der Waals surface area contributed by atoms with E-state index in [1.165, 1.54) is 0 Å². The lowest BCUT2D eigenvalue weighted by Gasteiger charge is -2.07. The van der Waals surface area contributed by atoms with Gasteiger partial charge in [-0.3, -0.25) is 4.55 Å². The predicted molar refractivity (Wildman–Crippen MR) is 60.4 cm³/mol. The van der Waals surface area contributed by atoms with Crippen LogP contribution in [-0.2, 0) is 15.0 Å². The Morgan fingerprint density at radius 3 is 2.67 bits per heavy atom. The fraction of sp³-hybridized carbons (Fsp3) is 0.625. The summed E-state index contributed by atoms with van der Waals surface area (Å²) in [5.74, 6) is 0. The van der Waals surface area contributed by atoms with Crippen LogP contribution in [0, 0.1) is 0 Å². The van der Waals surface area contributed by atoms with Crippen molar-refractivity contribution in [3.63, 3.8) is 0 Å². The van der Waals surface area contributed by atoms with Crippen LogP contribution in [0.25, 0.3) is 0 Å². The van der Waals surface area contributed by atoms with E-state index in [1.807, 2.05) is 6.92 Å². The molecule has 0 aliphatic carbocycles. The van der Waals surface area contributed by atoms with Crippen LogP contribution in [-0.4, -0.2) is 29.2 Å². The number of oxime groups is 1. The summed E-state index contributed by atoms with van der Waals surface area (Å²) in [6.45, 7) is 4.04. The van der Waals surface area contributed by atoms with Crippen LogP contribution in [0.1, 0.15) is 20.3 Å². The van der Waals surface area contributed by atoms with Crippen LogP contribution < -0.4 is 0 Å². The largest absolute Gasteiger partial charge is 0.395 e. The first-order chi connectivity index (χ1) is 6.99. The number of hydrogen-bond donors (Lipinski definition) is 1. The molecule has 1 rings (SSSR count).